The first-order valence-electron chi connectivity index (χ1n) is 6.20. The average molecular weight is 247 g/mol. The van der Waals surface area contributed by atoms with Crippen LogP contribution in [0.25, 0.3) is 11.1 Å². The summed E-state index contributed by atoms with van der Waals surface area (Å²) in [5, 5.41) is 4.31. The first kappa shape index (κ1) is 12.6. The zero-order chi connectivity index (χ0) is 13.1. The Morgan fingerprint density at radius 2 is 2.17 bits per heavy atom. The van der Waals surface area contributed by atoms with E-state index in [0.29, 0.717) is 0 Å². The zero-order valence-electron chi connectivity index (χ0n) is 10.8. The van der Waals surface area contributed by atoms with Crippen molar-refractivity contribution in [3.8, 4) is 11.1 Å². The van der Waals surface area contributed by atoms with Gasteiger partial charge in [0.15, 0.2) is 0 Å². The van der Waals surface area contributed by atoms with Crippen molar-refractivity contribution in [3.05, 3.63) is 35.9 Å². The van der Waals surface area contributed by atoms with Gasteiger partial charge in [-0.15, -0.1) is 0 Å². The Labute approximate surface area is 106 Å². The molecule has 1 aromatic heterocycles. The topological polar surface area (TPSA) is 43.8 Å². The van der Waals surface area contributed by atoms with E-state index in [4.69, 9.17) is 5.73 Å². The maximum absolute atomic E-state index is 13.3. The van der Waals surface area contributed by atoms with Crippen molar-refractivity contribution in [1.29, 1.82) is 0 Å². The predicted octanol–water partition coefficient (Wildman–Crippen LogP) is 3.38. The number of rotatable bonds is 4. The number of benzene rings is 1. The van der Waals surface area contributed by atoms with Crippen molar-refractivity contribution in [1.82, 2.24) is 9.78 Å². The van der Waals surface area contributed by atoms with E-state index in [9.17, 15) is 4.39 Å². The highest BCUT2D eigenvalue weighted by Gasteiger charge is 2.08. The van der Waals surface area contributed by atoms with Gasteiger partial charge in [-0.25, -0.2) is 4.39 Å². The van der Waals surface area contributed by atoms with Crippen LogP contribution in [0.4, 0.5) is 10.1 Å². The van der Waals surface area contributed by atoms with Crippen molar-refractivity contribution in [2.75, 3.05) is 5.73 Å². The zero-order valence-corrected chi connectivity index (χ0v) is 10.8. The number of nitrogens with two attached hydrogens (primary N) is 1. The molecule has 0 amide bonds. The molecule has 0 fully saturated rings. The van der Waals surface area contributed by atoms with Gasteiger partial charge in [0.05, 0.1) is 11.9 Å². The highest BCUT2D eigenvalue weighted by atomic mass is 19.1. The first-order valence-corrected chi connectivity index (χ1v) is 6.20. The summed E-state index contributed by atoms with van der Waals surface area (Å²) in [4.78, 5) is 0. The minimum Gasteiger partial charge on any atom is -0.396 e. The number of aromatic nitrogens is 2. The Bertz CT molecular complexity index is 546. The number of aryl methyl sites for hydroxylation is 2. The molecule has 0 saturated carbocycles. The van der Waals surface area contributed by atoms with E-state index in [1.54, 1.807) is 12.3 Å². The molecule has 0 unspecified atom stereocenters. The van der Waals surface area contributed by atoms with Gasteiger partial charge in [-0.05, 0) is 36.6 Å². The molecule has 0 atom stereocenters. The van der Waals surface area contributed by atoms with Gasteiger partial charge in [0.2, 0.25) is 0 Å². The van der Waals surface area contributed by atoms with Gasteiger partial charge in [-0.1, -0.05) is 13.3 Å². The van der Waals surface area contributed by atoms with Crippen LogP contribution < -0.4 is 5.73 Å². The van der Waals surface area contributed by atoms with Crippen molar-refractivity contribution in [3.63, 3.8) is 0 Å². The van der Waals surface area contributed by atoms with E-state index in [1.165, 1.54) is 6.07 Å². The predicted molar refractivity (Wildman–Crippen MR) is 71.7 cm³/mol. The highest BCUT2D eigenvalue weighted by Crippen LogP contribution is 2.27. The van der Waals surface area contributed by atoms with Crippen molar-refractivity contribution >= 4 is 5.69 Å². The molecule has 0 aliphatic rings. The van der Waals surface area contributed by atoms with E-state index in [-0.39, 0.29) is 11.5 Å². The van der Waals surface area contributed by atoms with Crippen LogP contribution in [0.2, 0.25) is 0 Å². The molecule has 0 radical (unpaired) electrons. The summed E-state index contributed by atoms with van der Waals surface area (Å²) in [5.74, 6) is -0.366. The van der Waals surface area contributed by atoms with Crippen LogP contribution in [0.3, 0.4) is 0 Å². The molecule has 3 nitrogen and oxygen atoms in total. The molecule has 1 aromatic carbocycles. The molecule has 4 heteroatoms. The van der Waals surface area contributed by atoms with Crippen molar-refractivity contribution in [2.24, 2.45) is 0 Å². The van der Waals surface area contributed by atoms with E-state index in [0.717, 1.165) is 36.1 Å². The molecular formula is C14H18FN3. The number of halogens is 1. The lowest BCUT2D eigenvalue weighted by molar-refractivity contribution is 0.572. The summed E-state index contributed by atoms with van der Waals surface area (Å²) in [5.41, 5.74) is 8.58. The third-order valence-corrected chi connectivity index (χ3v) is 3.03. The van der Waals surface area contributed by atoms with Crippen LogP contribution in [-0.2, 0) is 6.54 Å². The third-order valence-electron chi connectivity index (χ3n) is 3.03. The molecule has 0 saturated heterocycles. The molecule has 2 rings (SSSR count). The summed E-state index contributed by atoms with van der Waals surface area (Å²) in [7, 11) is 0. The van der Waals surface area contributed by atoms with Crippen LogP contribution in [0.15, 0.2) is 24.5 Å². The number of nitrogens with zero attached hydrogens (tertiary/aromatic N) is 2. The molecule has 1 heterocycles. The van der Waals surface area contributed by atoms with Gasteiger partial charge in [0, 0.05) is 18.3 Å². The van der Waals surface area contributed by atoms with Crippen LogP contribution in [0.1, 0.15) is 25.3 Å². The van der Waals surface area contributed by atoms with Gasteiger partial charge >= 0.3 is 0 Å². The fraction of sp³-hybridized carbons (Fsp3) is 0.357. The van der Waals surface area contributed by atoms with E-state index in [2.05, 4.69) is 12.0 Å². The van der Waals surface area contributed by atoms with E-state index >= 15 is 0 Å². The summed E-state index contributed by atoms with van der Waals surface area (Å²) >= 11 is 0. The van der Waals surface area contributed by atoms with Gasteiger partial charge in [-0.3, -0.25) is 4.68 Å². The quantitative estimate of drug-likeness (QED) is 0.842. The van der Waals surface area contributed by atoms with Crippen LogP contribution in [0, 0.1) is 12.7 Å². The van der Waals surface area contributed by atoms with Gasteiger partial charge in [0.1, 0.15) is 5.82 Å². The molecule has 2 N–H and O–H groups in total. The number of nitrogen functional groups attached to an aromatic ring is 1. The fourth-order valence-corrected chi connectivity index (χ4v) is 1.95. The molecular weight excluding hydrogens is 229 g/mol. The van der Waals surface area contributed by atoms with Gasteiger partial charge < -0.3 is 5.73 Å². The lowest BCUT2D eigenvalue weighted by Gasteiger charge is -2.05. The highest BCUT2D eigenvalue weighted by molar-refractivity contribution is 5.70. The minimum atomic E-state index is -0.366. The average Bonchev–Trinajstić information content (AvgIpc) is 2.79. The first-order chi connectivity index (χ1) is 8.61. The summed E-state index contributed by atoms with van der Waals surface area (Å²) in [6.07, 6.45) is 6.02. The maximum Gasteiger partial charge on any atom is 0.146 e. The summed E-state index contributed by atoms with van der Waals surface area (Å²) in [6, 6.07) is 3.14. The lowest BCUT2D eigenvalue weighted by Crippen LogP contribution is -1.97. The summed E-state index contributed by atoms with van der Waals surface area (Å²) in [6.45, 7) is 4.93. The Balaban J connectivity index is 2.31. The Kier molecular flexibility index (Phi) is 3.65. The Morgan fingerprint density at radius 1 is 1.39 bits per heavy atom. The second-order valence-electron chi connectivity index (χ2n) is 4.53. The normalized spacial score (nSPS) is 10.8. The van der Waals surface area contributed by atoms with Gasteiger partial charge in [-0.2, -0.15) is 5.10 Å². The number of hydrogen-bond acceptors (Lipinski definition) is 2. The van der Waals surface area contributed by atoms with E-state index < -0.39 is 0 Å². The second kappa shape index (κ2) is 5.21. The van der Waals surface area contributed by atoms with Crippen molar-refractivity contribution < 1.29 is 4.39 Å². The summed E-state index contributed by atoms with van der Waals surface area (Å²) < 4.78 is 15.2. The third kappa shape index (κ3) is 2.53. The minimum absolute atomic E-state index is 0.178. The number of hydrogen-bond donors (Lipinski definition) is 1. The van der Waals surface area contributed by atoms with Crippen molar-refractivity contribution in [2.45, 2.75) is 33.2 Å². The Hall–Kier alpha value is -1.84. The van der Waals surface area contributed by atoms with E-state index in [1.807, 2.05) is 17.8 Å². The molecule has 0 bridgehead atoms. The molecule has 0 aliphatic heterocycles. The van der Waals surface area contributed by atoms with Crippen LogP contribution in [0.5, 0.6) is 0 Å². The smallest absolute Gasteiger partial charge is 0.146 e. The SMILES string of the molecule is CCCCn1cc(-c2cc(N)c(F)cc2C)cn1. The number of unbranched alkanes of at least 4 members (excludes halogenated alkanes) is 1. The molecule has 0 spiro atoms. The second-order valence-corrected chi connectivity index (χ2v) is 4.53. The fourth-order valence-electron chi connectivity index (χ4n) is 1.95. The molecule has 2 aromatic rings. The molecule has 0 aliphatic carbocycles. The maximum atomic E-state index is 13.3. The largest absolute Gasteiger partial charge is 0.396 e. The Morgan fingerprint density at radius 3 is 2.89 bits per heavy atom. The lowest BCUT2D eigenvalue weighted by atomic mass is 10.0. The van der Waals surface area contributed by atoms with Crippen LogP contribution >= 0.6 is 0 Å². The monoisotopic (exact) mass is 247 g/mol. The molecule has 18 heavy (non-hydrogen) atoms. The molecule has 96 valence electrons. The standard InChI is InChI=1S/C14H18FN3/c1-3-4-5-18-9-11(8-17-18)12-7-14(16)13(15)6-10(12)2/h6-9H,3-5,16H2,1-2H3. The number of anilines is 1. The van der Waals surface area contributed by atoms with Crippen LogP contribution in [-0.4, -0.2) is 9.78 Å². The van der Waals surface area contributed by atoms with Gasteiger partial charge in [0.25, 0.3) is 0 Å².